The van der Waals surface area contributed by atoms with Crippen molar-refractivity contribution >= 4 is 28.1 Å². The second-order valence-corrected chi connectivity index (χ2v) is 6.31. The molecule has 7 nitrogen and oxygen atoms in total. The number of fused-ring (bicyclic) bond motifs is 3. The number of aromatic nitrogens is 3. The fourth-order valence-corrected chi connectivity index (χ4v) is 3.13. The molecule has 0 bridgehead atoms. The fourth-order valence-electron chi connectivity index (χ4n) is 3.13. The third-order valence-corrected chi connectivity index (χ3v) is 4.62. The quantitative estimate of drug-likeness (QED) is 0.608. The Morgan fingerprint density at radius 3 is 2.52 bits per heavy atom. The zero-order valence-electron chi connectivity index (χ0n) is 15.2. The highest BCUT2D eigenvalue weighted by Gasteiger charge is 2.17. The fraction of sp³-hybridized carbons (Fsp3) is 0.150. The molecule has 4 rings (SSSR count). The van der Waals surface area contributed by atoms with E-state index >= 15 is 0 Å². The van der Waals surface area contributed by atoms with Crippen molar-refractivity contribution in [2.75, 3.05) is 12.4 Å². The van der Waals surface area contributed by atoms with Gasteiger partial charge < -0.3 is 14.6 Å². The van der Waals surface area contributed by atoms with Gasteiger partial charge in [0.15, 0.2) is 5.69 Å². The minimum atomic E-state index is -0.377. The van der Waals surface area contributed by atoms with Crippen molar-refractivity contribution in [3.05, 3.63) is 70.1 Å². The lowest BCUT2D eigenvalue weighted by molar-refractivity contribution is 0.102. The number of ether oxygens (including phenoxy) is 1. The van der Waals surface area contributed by atoms with Gasteiger partial charge in [-0.3, -0.25) is 9.59 Å². The van der Waals surface area contributed by atoms with E-state index in [1.54, 1.807) is 30.9 Å². The van der Waals surface area contributed by atoms with Crippen molar-refractivity contribution in [2.24, 2.45) is 7.05 Å². The number of methoxy groups -OCH3 is 1. The molecule has 4 aromatic rings. The highest BCUT2D eigenvalue weighted by Crippen LogP contribution is 2.22. The molecule has 1 amide bonds. The Morgan fingerprint density at radius 2 is 1.81 bits per heavy atom. The lowest BCUT2D eigenvalue weighted by Gasteiger charge is -2.08. The molecular formula is C20H18N4O3. The number of benzene rings is 2. The summed E-state index contributed by atoms with van der Waals surface area (Å²) in [5.41, 5.74) is 3.36. The lowest BCUT2D eigenvalue weighted by atomic mass is 10.2. The number of nitrogens with one attached hydrogen (secondary N) is 1. The molecule has 0 aliphatic carbocycles. The van der Waals surface area contributed by atoms with Gasteiger partial charge in [-0.05, 0) is 42.8 Å². The summed E-state index contributed by atoms with van der Waals surface area (Å²) in [4.78, 5) is 25.3. The third-order valence-electron chi connectivity index (χ3n) is 4.62. The highest BCUT2D eigenvalue weighted by atomic mass is 16.5. The minimum Gasteiger partial charge on any atom is -0.497 e. The van der Waals surface area contributed by atoms with E-state index in [4.69, 9.17) is 4.74 Å². The summed E-state index contributed by atoms with van der Waals surface area (Å²) in [6.07, 6.45) is 0. The summed E-state index contributed by atoms with van der Waals surface area (Å²) in [6.45, 7) is 1.88. The molecule has 0 aliphatic heterocycles. The SMILES string of the molecule is COc1ccc(NC(=O)c2cc3c(=O)n(C)c4ccccc4n3n2)c(C)c1. The molecule has 1 N–H and O–H groups in total. The van der Waals surface area contributed by atoms with Crippen molar-refractivity contribution in [3.8, 4) is 5.75 Å². The van der Waals surface area contributed by atoms with Gasteiger partial charge in [0.2, 0.25) is 0 Å². The first-order valence-corrected chi connectivity index (χ1v) is 8.43. The second kappa shape index (κ2) is 6.28. The van der Waals surface area contributed by atoms with Gasteiger partial charge in [0.05, 0.1) is 18.1 Å². The predicted octanol–water partition coefficient (Wildman–Crippen LogP) is 2.76. The standard InChI is InChI=1S/C20H18N4O3/c1-12-10-13(27-3)8-9-14(12)21-19(25)15-11-18-20(26)23(2)16-6-4-5-7-17(16)24(18)22-15/h4-11H,1-3H3,(H,21,25). The number of nitrogens with zero attached hydrogens (tertiary/aromatic N) is 3. The van der Waals surface area contributed by atoms with Gasteiger partial charge in [0.25, 0.3) is 11.5 Å². The number of carbonyl (C=O) groups excluding carboxylic acids is 1. The van der Waals surface area contributed by atoms with Crippen molar-refractivity contribution in [2.45, 2.75) is 6.92 Å². The number of hydrogen-bond donors (Lipinski definition) is 1. The Kier molecular flexibility index (Phi) is 3.92. The van der Waals surface area contributed by atoms with Crippen LogP contribution in [0.5, 0.6) is 5.75 Å². The topological polar surface area (TPSA) is 77.6 Å². The molecule has 0 radical (unpaired) electrons. The maximum atomic E-state index is 12.7. The van der Waals surface area contributed by atoms with Crippen molar-refractivity contribution in [1.82, 2.24) is 14.2 Å². The van der Waals surface area contributed by atoms with E-state index in [0.717, 1.165) is 16.6 Å². The molecule has 7 heteroatoms. The maximum Gasteiger partial charge on any atom is 0.276 e. The van der Waals surface area contributed by atoms with Gasteiger partial charge in [-0.2, -0.15) is 5.10 Å². The van der Waals surface area contributed by atoms with Crippen LogP contribution in [0.1, 0.15) is 16.1 Å². The van der Waals surface area contributed by atoms with Gasteiger partial charge in [-0.1, -0.05) is 12.1 Å². The molecule has 27 heavy (non-hydrogen) atoms. The Hall–Kier alpha value is -3.61. The molecule has 0 atom stereocenters. The number of aryl methyl sites for hydroxylation is 2. The van der Waals surface area contributed by atoms with Crippen LogP contribution in [-0.2, 0) is 7.05 Å². The van der Waals surface area contributed by atoms with Crippen molar-refractivity contribution in [1.29, 1.82) is 0 Å². The monoisotopic (exact) mass is 362 g/mol. The van der Waals surface area contributed by atoms with Crippen LogP contribution < -0.4 is 15.6 Å². The van der Waals surface area contributed by atoms with Gasteiger partial charge in [-0.15, -0.1) is 0 Å². The summed E-state index contributed by atoms with van der Waals surface area (Å²) < 4.78 is 8.26. The van der Waals surface area contributed by atoms with Gasteiger partial charge in [-0.25, -0.2) is 4.52 Å². The zero-order chi connectivity index (χ0) is 19.1. The highest BCUT2D eigenvalue weighted by molar-refractivity contribution is 6.04. The molecule has 0 saturated heterocycles. The Morgan fingerprint density at radius 1 is 1.07 bits per heavy atom. The Labute approximate surface area is 154 Å². The molecular weight excluding hydrogens is 344 g/mol. The summed E-state index contributed by atoms with van der Waals surface area (Å²) in [7, 11) is 3.30. The van der Waals surface area contributed by atoms with Crippen LogP contribution in [0.4, 0.5) is 5.69 Å². The summed E-state index contributed by atoms with van der Waals surface area (Å²) in [6, 6.07) is 14.3. The number of para-hydroxylation sites is 2. The number of rotatable bonds is 3. The number of anilines is 1. The van der Waals surface area contributed by atoms with E-state index in [0.29, 0.717) is 17.0 Å². The summed E-state index contributed by atoms with van der Waals surface area (Å²) in [5, 5.41) is 7.21. The van der Waals surface area contributed by atoms with Crippen LogP contribution in [0.25, 0.3) is 16.6 Å². The van der Waals surface area contributed by atoms with E-state index in [9.17, 15) is 9.59 Å². The average molecular weight is 362 g/mol. The second-order valence-electron chi connectivity index (χ2n) is 6.31. The number of amides is 1. The van der Waals surface area contributed by atoms with Gasteiger partial charge in [0.1, 0.15) is 11.3 Å². The lowest BCUT2D eigenvalue weighted by Crippen LogP contribution is -2.19. The van der Waals surface area contributed by atoms with Crippen molar-refractivity contribution < 1.29 is 9.53 Å². The van der Waals surface area contributed by atoms with Crippen molar-refractivity contribution in [3.63, 3.8) is 0 Å². The van der Waals surface area contributed by atoms with Gasteiger partial charge in [0, 0.05) is 18.8 Å². The molecule has 0 fully saturated rings. The molecule has 2 aromatic carbocycles. The maximum absolute atomic E-state index is 12.7. The Balaban J connectivity index is 1.78. The van der Waals surface area contributed by atoms with E-state index < -0.39 is 0 Å². The first kappa shape index (κ1) is 16.8. The zero-order valence-corrected chi connectivity index (χ0v) is 15.2. The van der Waals surface area contributed by atoms with E-state index in [2.05, 4.69) is 10.4 Å². The predicted molar refractivity (Wildman–Crippen MR) is 104 cm³/mol. The van der Waals surface area contributed by atoms with Crippen LogP contribution in [0, 0.1) is 6.92 Å². The minimum absolute atomic E-state index is 0.179. The molecule has 0 spiro atoms. The first-order chi connectivity index (χ1) is 13.0. The van der Waals surface area contributed by atoms with Crippen LogP contribution in [0.3, 0.4) is 0 Å². The number of carbonyl (C=O) groups is 1. The molecule has 0 unspecified atom stereocenters. The normalized spacial score (nSPS) is 11.1. The summed E-state index contributed by atoms with van der Waals surface area (Å²) >= 11 is 0. The van der Waals surface area contributed by atoms with E-state index in [-0.39, 0.29) is 17.2 Å². The Bertz CT molecular complexity index is 1250. The van der Waals surface area contributed by atoms with Crippen LogP contribution >= 0.6 is 0 Å². The largest absolute Gasteiger partial charge is 0.497 e. The summed E-state index contributed by atoms with van der Waals surface area (Å²) in [5.74, 6) is 0.339. The van der Waals surface area contributed by atoms with Crippen LogP contribution in [0.15, 0.2) is 53.3 Å². The third kappa shape index (κ3) is 2.73. The van der Waals surface area contributed by atoms with Crippen LogP contribution in [0.2, 0.25) is 0 Å². The molecule has 2 aromatic heterocycles. The molecule has 0 aliphatic rings. The molecule has 0 saturated carbocycles. The first-order valence-electron chi connectivity index (χ1n) is 8.43. The average Bonchev–Trinajstić information content (AvgIpc) is 3.13. The van der Waals surface area contributed by atoms with E-state index in [1.165, 1.54) is 10.6 Å². The number of hydrogen-bond acceptors (Lipinski definition) is 4. The molecule has 2 heterocycles. The smallest absolute Gasteiger partial charge is 0.276 e. The molecule has 136 valence electrons. The van der Waals surface area contributed by atoms with Crippen LogP contribution in [-0.4, -0.2) is 27.2 Å². The van der Waals surface area contributed by atoms with Gasteiger partial charge >= 0.3 is 0 Å². The van der Waals surface area contributed by atoms with E-state index in [1.807, 2.05) is 37.3 Å².